The van der Waals surface area contributed by atoms with Gasteiger partial charge in [-0.2, -0.15) is 12.6 Å². The van der Waals surface area contributed by atoms with E-state index in [0.29, 0.717) is 5.92 Å². The van der Waals surface area contributed by atoms with Crippen LogP contribution in [0.15, 0.2) is 24.3 Å². The van der Waals surface area contributed by atoms with Crippen molar-refractivity contribution in [2.45, 2.75) is 37.4 Å². The largest absolute Gasteiger partial charge is 0.168 e. The van der Waals surface area contributed by atoms with Crippen LogP contribution in [0.3, 0.4) is 0 Å². The summed E-state index contributed by atoms with van der Waals surface area (Å²) in [5, 5.41) is 0. The standard InChI is InChI=1S/C12H16S/c1-9-7-8-12(2,13)11-6-4-3-5-10(9)11/h3-6,9,13H,7-8H2,1-2H3. The fourth-order valence-electron chi connectivity index (χ4n) is 2.20. The second kappa shape index (κ2) is 3.06. The van der Waals surface area contributed by atoms with Crippen LogP contribution in [0.2, 0.25) is 0 Å². The minimum atomic E-state index is 0.0864. The van der Waals surface area contributed by atoms with Crippen LogP contribution in [0.4, 0.5) is 0 Å². The highest BCUT2D eigenvalue weighted by Crippen LogP contribution is 2.44. The number of thiol groups is 1. The predicted molar refractivity (Wildman–Crippen MR) is 60.4 cm³/mol. The Bertz CT molecular complexity index is 315. The van der Waals surface area contributed by atoms with Crippen LogP contribution >= 0.6 is 12.6 Å². The monoisotopic (exact) mass is 192 g/mol. The van der Waals surface area contributed by atoms with Crippen molar-refractivity contribution in [3.8, 4) is 0 Å². The lowest BCUT2D eigenvalue weighted by Crippen LogP contribution is -2.22. The Morgan fingerprint density at radius 1 is 1.38 bits per heavy atom. The van der Waals surface area contributed by atoms with Gasteiger partial charge in [-0.25, -0.2) is 0 Å². The smallest absolute Gasteiger partial charge is 0.0353 e. The molecule has 1 aliphatic carbocycles. The Labute approximate surface area is 85.8 Å². The lowest BCUT2D eigenvalue weighted by atomic mass is 9.78. The Morgan fingerprint density at radius 3 is 2.77 bits per heavy atom. The maximum absolute atomic E-state index is 4.74. The average molecular weight is 192 g/mol. The fraction of sp³-hybridized carbons (Fsp3) is 0.500. The average Bonchev–Trinajstić information content (AvgIpc) is 2.13. The molecule has 0 saturated carbocycles. The molecule has 0 spiro atoms. The van der Waals surface area contributed by atoms with Crippen LogP contribution in [-0.4, -0.2) is 0 Å². The third-order valence-corrected chi connectivity index (χ3v) is 3.60. The molecule has 0 radical (unpaired) electrons. The lowest BCUT2D eigenvalue weighted by Gasteiger charge is -2.34. The molecule has 1 heteroatoms. The molecule has 13 heavy (non-hydrogen) atoms. The van der Waals surface area contributed by atoms with E-state index in [4.69, 9.17) is 12.6 Å². The number of fused-ring (bicyclic) bond motifs is 1. The molecule has 0 saturated heterocycles. The maximum Gasteiger partial charge on any atom is 0.0353 e. The van der Waals surface area contributed by atoms with Gasteiger partial charge in [0.15, 0.2) is 0 Å². The zero-order chi connectivity index (χ0) is 9.47. The van der Waals surface area contributed by atoms with Crippen LogP contribution in [0, 0.1) is 0 Å². The third-order valence-electron chi connectivity index (χ3n) is 3.14. The SMILES string of the molecule is CC1CCC(C)(S)c2ccccc21. The molecule has 0 amide bonds. The van der Waals surface area contributed by atoms with Crippen LogP contribution in [-0.2, 0) is 4.75 Å². The number of hydrogen-bond acceptors (Lipinski definition) is 1. The molecule has 1 aliphatic rings. The van der Waals surface area contributed by atoms with Crippen molar-refractivity contribution in [3.05, 3.63) is 35.4 Å². The van der Waals surface area contributed by atoms with Crippen molar-refractivity contribution >= 4 is 12.6 Å². The molecule has 0 N–H and O–H groups in total. The zero-order valence-corrected chi connectivity index (χ0v) is 9.14. The molecule has 0 heterocycles. The van der Waals surface area contributed by atoms with Gasteiger partial charge in [0.1, 0.15) is 0 Å². The molecule has 0 nitrogen and oxygen atoms in total. The molecular weight excluding hydrogens is 176 g/mol. The van der Waals surface area contributed by atoms with Gasteiger partial charge in [0.2, 0.25) is 0 Å². The molecule has 70 valence electrons. The van der Waals surface area contributed by atoms with E-state index in [2.05, 4.69) is 38.1 Å². The van der Waals surface area contributed by atoms with Crippen molar-refractivity contribution in [1.29, 1.82) is 0 Å². The van der Waals surface area contributed by atoms with E-state index in [0.717, 1.165) is 0 Å². The highest BCUT2D eigenvalue weighted by atomic mass is 32.1. The quantitative estimate of drug-likeness (QED) is 0.595. The van der Waals surface area contributed by atoms with Crippen LogP contribution < -0.4 is 0 Å². The second-order valence-corrected chi connectivity index (χ2v) is 5.29. The molecule has 2 rings (SSSR count). The summed E-state index contributed by atoms with van der Waals surface area (Å²) in [7, 11) is 0. The minimum Gasteiger partial charge on any atom is -0.168 e. The summed E-state index contributed by atoms with van der Waals surface area (Å²) in [6.07, 6.45) is 2.45. The highest BCUT2D eigenvalue weighted by molar-refractivity contribution is 7.81. The molecule has 2 unspecified atom stereocenters. The number of benzene rings is 1. The second-order valence-electron chi connectivity index (χ2n) is 4.30. The van der Waals surface area contributed by atoms with Crippen LogP contribution in [0.25, 0.3) is 0 Å². The Morgan fingerprint density at radius 2 is 2.08 bits per heavy atom. The topological polar surface area (TPSA) is 0 Å². The van der Waals surface area contributed by atoms with E-state index < -0.39 is 0 Å². The van der Waals surface area contributed by atoms with E-state index in [9.17, 15) is 0 Å². The molecular formula is C12H16S. The normalized spacial score (nSPS) is 32.7. The van der Waals surface area contributed by atoms with E-state index >= 15 is 0 Å². The van der Waals surface area contributed by atoms with Crippen LogP contribution in [0.5, 0.6) is 0 Å². The van der Waals surface area contributed by atoms with Crippen molar-refractivity contribution < 1.29 is 0 Å². The number of hydrogen-bond donors (Lipinski definition) is 1. The summed E-state index contributed by atoms with van der Waals surface area (Å²) in [6, 6.07) is 8.71. The van der Waals surface area contributed by atoms with Gasteiger partial charge < -0.3 is 0 Å². The van der Waals surface area contributed by atoms with Gasteiger partial charge in [-0.1, -0.05) is 31.2 Å². The summed E-state index contributed by atoms with van der Waals surface area (Å²) < 4.78 is 0.0864. The number of rotatable bonds is 0. The Balaban J connectivity index is 2.55. The van der Waals surface area contributed by atoms with Gasteiger partial charge in [-0.05, 0) is 36.8 Å². The first-order valence-electron chi connectivity index (χ1n) is 4.93. The summed E-state index contributed by atoms with van der Waals surface area (Å²) in [5.74, 6) is 0.705. The van der Waals surface area contributed by atoms with Gasteiger partial charge in [0, 0.05) is 4.75 Å². The zero-order valence-electron chi connectivity index (χ0n) is 8.25. The van der Waals surface area contributed by atoms with Gasteiger partial charge in [0.25, 0.3) is 0 Å². The van der Waals surface area contributed by atoms with Gasteiger partial charge >= 0.3 is 0 Å². The minimum absolute atomic E-state index is 0.0864. The first-order valence-corrected chi connectivity index (χ1v) is 5.38. The Hall–Kier alpha value is -0.430. The fourth-order valence-corrected chi connectivity index (χ4v) is 2.54. The Kier molecular flexibility index (Phi) is 2.15. The molecule has 0 bridgehead atoms. The van der Waals surface area contributed by atoms with Crippen LogP contribution in [0.1, 0.15) is 43.7 Å². The van der Waals surface area contributed by atoms with E-state index in [1.54, 1.807) is 0 Å². The van der Waals surface area contributed by atoms with Gasteiger partial charge in [0.05, 0.1) is 0 Å². The first kappa shape index (κ1) is 9.14. The summed E-state index contributed by atoms with van der Waals surface area (Å²) in [4.78, 5) is 0. The predicted octanol–water partition coefficient (Wildman–Crippen LogP) is 3.73. The molecule has 2 atom stereocenters. The summed E-state index contributed by atoms with van der Waals surface area (Å²) >= 11 is 4.74. The van der Waals surface area contributed by atoms with E-state index in [1.165, 1.54) is 24.0 Å². The summed E-state index contributed by atoms with van der Waals surface area (Å²) in [5.41, 5.74) is 2.92. The molecule has 0 fully saturated rings. The first-order chi connectivity index (χ1) is 6.11. The highest BCUT2D eigenvalue weighted by Gasteiger charge is 2.30. The van der Waals surface area contributed by atoms with E-state index in [1.807, 2.05) is 0 Å². The molecule has 1 aromatic carbocycles. The van der Waals surface area contributed by atoms with Gasteiger partial charge in [-0.15, -0.1) is 0 Å². The van der Waals surface area contributed by atoms with Crippen molar-refractivity contribution in [2.24, 2.45) is 0 Å². The maximum atomic E-state index is 4.74. The van der Waals surface area contributed by atoms with Crippen molar-refractivity contribution in [1.82, 2.24) is 0 Å². The lowest BCUT2D eigenvalue weighted by molar-refractivity contribution is 0.496. The summed E-state index contributed by atoms with van der Waals surface area (Å²) in [6.45, 7) is 4.53. The molecule has 1 aromatic rings. The molecule has 0 aliphatic heterocycles. The van der Waals surface area contributed by atoms with E-state index in [-0.39, 0.29) is 4.75 Å². The third kappa shape index (κ3) is 1.50. The van der Waals surface area contributed by atoms with Gasteiger partial charge in [-0.3, -0.25) is 0 Å². The van der Waals surface area contributed by atoms with Crippen molar-refractivity contribution in [3.63, 3.8) is 0 Å². The molecule has 0 aromatic heterocycles. The van der Waals surface area contributed by atoms with Crippen molar-refractivity contribution in [2.75, 3.05) is 0 Å².